The summed E-state index contributed by atoms with van der Waals surface area (Å²) in [5, 5.41) is 5.51. The smallest absolute Gasteiger partial charge is 0.209 e. The maximum Gasteiger partial charge on any atom is 0.209 e. The molecule has 0 aliphatic carbocycles. The highest BCUT2D eigenvalue weighted by molar-refractivity contribution is 7.89. The van der Waals surface area contributed by atoms with Crippen LogP contribution in [0.1, 0.15) is 12.0 Å². The first-order valence-electron chi connectivity index (χ1n) is 4.78. The summed E-state index contributed by atoms with van der Waals surface area (Å²) in [6.07, 6.45) is 0.376. The predicted octanol–water partition coefficient (Wildman–Crippen LogP) is 1.71. The lowest BCUT2D eigenvalue weighted by molar-refractivity contribution is 0.315. The number of ether oxygens (including phenoxy) is 1. The molecule has 0 aromatic heterocycles. The third-order valence-electron chi connectivity index (χ3n) is 1.97. The fraction of sp³-hybridized carbons (Fsp3) is 0.400. The largest absolute Gasteiger partial charge is 0.493 e. The van der Waals surface area contributed by atoms with Crippen molar-refractivity contribution in [2.24, 2.45) is 5.14 Å². The number of sulfonamides is 1. The summed E-state index contributed by atoms with van der Waals surface area (Å²) in [4.78, 5) is 0. The number of aryl methyl sites for hydroxylation is 1. The summed E-state index contributed by atoms with van der Waals surface area (Å²) in [5.41, 5.74) is 0.920. The van der Waals surface area contributed by atoms with Gasteiger partial charge in [0.05, 0.1) is 12.4 Å². The van der Waals surface area contributed by atoms with Gasteiger partial charge in [0.15, 0.2) is 0 Å². The van der Waals surface area contributed by atoms with Crippen molar-refractivity contribution < 1.29 is 13.2 Å². The summed E-state index contributed by atoms with van der Waals surface area (Å²) in [6, 6.07) is 5.27. The molecule has 4 nitrogen and oxygen atoms in total. The lowest BCUT2D eigenvalue weighted by Crippen LogP contribution is -2.18. The third-order valence-corrected chi connectivity index (χ3v) is 3.06. The molecule has 1 aromatic rings. The molecule has 1 aromatic carbocycles. The second-order valence-electron chi connectivity index (χ2n) is 3.48. The molecule has 90 valence electrons. The Morgan fingerprint density at radius 2 is 2.12 bits per heavy atom. The standard InChI is InChI=1S/C10H14ClNO3S/c1-8-7-9(11)3-4-10(8)15-5-2-6-16(12,13)14/h3-4,7H,2,5-6H2,1H3,(H2,12,13,14). The van der Waals surface area contributed by atoms with Gasteiger partial charge in [0, 0.05) is 5.02 Å². The molecule has 0 amide bonds. The quantitative estimate of drug-likeness (QED) is 0.822. The Labute approximate surface area is 100 Å². The molecule has 0 spiro atoms. The van der Waals surface area contributed by atoms with Gasteiger partial charge in [0.1, 0.15) is 5.75 Å². The van der Waals surface area contributed by atoms with E-state index in [-0.39, 0.29) is 5.75 Å². The lowest BCUT2D eigenvalue weighted by Gasteiger charge is -2.08. The molecule has 0 saturated carbocycles. The van der Waals surface area contributed by atoms with Crippen LogP contribution in [0.4, 0.5) is 0 Å². The average molecular weight is 264 g/mol. The van der Waals surface area contributed by atoms with E-state index in [2.05, 4.69) is 0 Å². The van der Waals surface area contributed by atoms with Gasteiger partial charge in [-0.05, 0) is 37.1 Å². The zero-order chi connectivity index (χ0) is 12.2. The van der Waals surface area contributed by atoms with Crippen molar-refractivity contribution in [1.82, 2.24) is 0 Å². The minimum Gasteiger partial charge on any atom is -0.493 e. The van der Waals surface area contributed by atoms with E-state index in [1.54, 1.807) is 18.2 Å². The normalized spacial score (nSPS) is 11.4. The van der Waals surface area contributed by atoms with E-state index < -0.39 is 10.0 Å². The van der Waals surface area contributed by atoms with E-state index in [0.717, 1.165) is 5.56 Å². The van der Waals surface area contributed by atoms with Gasteiger partial charge in [0.2, 0.25) is 10.0 Å². The predicted molar refractivity (Wildman–Crippen MR) is 64.3 cm³/mol. The monoisotopic (exact) mass is 263 g/mol. The Bertz CT molecular complexity index is 459. The van der Waals surface area contributed by atoms with Crippen LogP contribution in [0.2, 0.25) is 5.02 Å². The lowest BCUT2D eigenvalue weighted by atomic mass is 10.2. The zero-order valence-electron chi connectivity index (χ0n) is 8.94. The van der Waals surface area contributed by atoms with Crippen LogP contribution in [0.15, 0.2) is 18.2 Å². The van der Waals surface area contributed by atoms with E-state index in [4.69, 9.17) is 21.5 Å². The fourth-order valence-electron chi connectivity index (χ4n) is 1.22. The van der Waals surface area contributed by atoms with E-state index in [1.165, 1.54) is 0 Å². The van der Waals surface area contributed by atoms with Crippen molar-refractivity contribution in [3.05, 3.63) is 28.8 Å². The van der Waals surface area contributed by atoms with Gasteiger partial charge in [-0.25, -0.2) is 13.6 Å². The van der Waals surface area contributed by atoms with Crippen LogP contribution < -0.4 is 9.88 Å². The SMILES string of the molecule is Cc1cc(Cl)ccc1OCCCS(N)(=O)=O. The van der Waals surface area contributed by atoms with Crippen molar-refractivity contribution in [1.29, 1.82) is 0 Å². The van der Waals surface area contributed by atoms with Gasteiger partial charge in [-0.15, -0.1) is 0 Å². The number of hydrogen-bond acceptors (Lipinski definition) is 3. The van der Waals surface area contributed by atoms with E-state index in [1.807, 2.05) is 6.92 Å². The van der Waals surface area contributed by atoms with Crippen LogP contribution in [-0.2, 0) is 10.0 Å². The molecule has 0 unspecified atom stereocenters. The van der Waals surface area contributed by atoms with Gasteiger partial charge in [-0.3, -0.25) is 0 Å². The second kappa shape index (κ2) is 5.52. The Hall–Kier alpha value is -0.780. The molecule has 2 N–H and O–H groups in total. The molecule has 0 aliphatic heterocycles. The molecule has 0 radical (unpaired) electrons. The van der Waals surface area contributed by atoms with Gasteiger partial charge in [0.25, 0.3) is 0 Å². The zero-order valence-corrected chi connectivity index (χ0v) is 10.5. The van der Waals surface area contributed by atoms with Crippen molar-refractivity contribution in [3.63, 3.8) is 0 Å². The Morgan fingerprint density at radius 3 is 2.69 bits per heavy atom. The first-order valence-corrected chi connectivity index (χ1v) is 6.87. The number of benzene rings is 1. The molecule has 16 heavy (non-hydrogen) atoms. The van der Waals surface area contributed by atoms with Gasteiger partial charge in [-0.2, -0.15) is 0 Å². The summed E-state index contributed by atoms with van der Waals surface area (Å²) >= 11 is 5.79. The van der Waals surface area contributed by atoms with Crippen LogP contribution in [0.3, 0.4) is 0 Å². The van der Waals surface area contributed by atoms with Crippen molar-refractivity contribution >= 4 is 21.6 Å². The highest BCUT2D eigenvalue weighted by Gasteiger charge is 2.03. The summed E-state index contributed by atoms with van der Waals surface area (Å²) in [6.45, 7) is 2.19. The van der Waals surface area contributed by atoms with Crippen LogP contribution in [0, 0.1) is 6.92 Å². The molecule has 0 saturated heterocycles. The molecular formula is C10H14ClNO3S. The summed E-state index contributed by atoms with van der Waals surface area (Å²) < 4.78 is 26.7. The van der Waals surface area contributed by atoms with Gasteiger partial charge >= 0.3 is 0 Å². The molecule has 0 aliphatic rings. The number of halogens is 1. The average Bonchev–Trinajstić information content (AvgIpc) is 2.13. The van der Waals surface area contributed by atoms with Crippen LogP contribution >= 0.6 is 11.6 Å². The van der Waals surface area contributed by atoms with E-state index >= 15 is 0 Å². The topological polar surface area (TPSA) is 69.4 Å². The molecule has 0 atom stereocenters. The van der Waals surface area contributed by atoms with Crippen LogP contribution in [0.5, 0.6) is 5.75 Å². The fourth-order valence-corrected chi connectivity index (χ4v) is 1.96. The van der Waals surface area contributed by atoms with E-state index in [9.17, 15) is 8.42 Å². The Balaban J connectivity index is 2.43. The number of rotatable bonds is 5. The summed E-state index contributed by atoms with van der Waals surface area (Å²) in [7, 11) is -3.40. The Morgan fingerprint density at radius 1 is 1.44 bits per heavy atom. The molecule has 1 rings (SSSR count). The minimum absolute atomic E-state index is 0.0698. The van der Waals surface area contributed by atoms with Gasteiger partial charge in [-0.1, -0.05) is 11.6 Å². The summed E-state index contributed by atoms with van der Waals surface area (Å²) in [5.74, 6) is 0.637. The van der Waals surface area contributed by atoms with Crippen molar-refractivity contribution in [3.8, 4) is 5.75 Å². The highest BCUT2D eigenvalue weighted by atomic mass is 35.5. The van der Waals surface area contributed by atoms with Crippen LogP contribution in [0.25, 0.3) is 0 Å². The highest BCUT2D eigenvalue weighted by Crippen LogP contribution is 2.21. The van der Waals surface area contributed by atoms with Crippen molar-refractivity contribution in [2.45, 2.75) is 13.3 Å². The first-order chi connectivity index (χ1) is 7.38. The van der Waals surface area contributed by atoms with Crippen LogP contribution in [-0.4, -0.2) is 20.8 Å². The van der Waals surface area contributed by atoms with Gasteiger partial charge < -0.3 is 4.74 Å². The first kappa shape index (κ1) is 13.3. The van der Waals surface area contributed by atoms with E-state index in [0.29, 0.717) is 23.8 Å². The maximum absolute atomic E-state index is 10.7. The van der Waals surface area contributed by atoms with Crippen molar-refractivity contribution in [2.75, 3.05) is 12.4 Å². The molecule has 0 heterocycles. The molecule has 6 heteroatoms. The minimum atomic E-state index is -3.40. The second-order valence-corrected chi connectivity index (χ2v) is 5.65. The maximum atomic E-state index is 10.7. The number of hydrogen-bond donors (Lipinski definition) is 1. The third kappa shape index (κ3) is 4.83. The molecular weight excluding hydrogens is 250 g/mol. The number of primary sulfonamides is 1. The molecule has 0 bridgehead atoms. The Kier molecular flexibility index (Phi) is 4.58. The number of nitrogens with two attached hydrogens (primary N) is 1. The molecule has 0 fully saturated rings.